The number of nitrogens with zero attached hydrogens (tertiary/aromatic N) is 2. The Morgan fingerprint density at radius 3 is 2.76 bits per heavy atom. The standard InChI is InChI=1S/C16H18FN3O4S/c1-11-9-13(24-19-11)10-18-16(21)15-3-2-8-20(15)25(22,23)14-6-4-12(17)5-7-14/h4-7,9,15H,2-3,8,10H2,1H3,(H,18,21)/t15-/m0/s1. The van der Waals surface area contributed by atoms with Gasteiger partial charge in [0.25, 0.3) is 0 Å². The molecule has 1 aliphatic heterocycles. The van der Waals surface area contributed by atoms with E-state index in [1.165, 1.54) is 16.4 Å². The fourth-order valence-corrected chi connectivity index (χ4v) is 4.48. The summed E-state index contributed by atoms with van der Waals surface area (Å²) in [6.07, 6.45) is 1.02. The lowest BCUT2D eigenvalue weighted by Crippen LogP contribution is -2.45. The van der Waals surface area contributed by atoms with Crippen LogP contribution in [0.2, 0.25) is 0 Å². The van der Waals surface area contributed by atoms with Gasteiger partial charge in [0, 0.05) is 12.6 Å². The lowest BCUT2D eigenvalue weighted by molar-refractivity contribution is -0.124. The summed E-state index contributed by atoms with van der Waals surface area (Å²) in [6.45, 7) is 2.16. The van der Waals surface area contributed by atoms with Crippen LogP contribution in [0, 0.1) is 12.7 Å². The van der Waals surface area contributed by atoms with Gasteiger partial charge in [-0.2, -0.15) is 4.31 Å². The normalized spacial score (nSPS) is 18.4. The summed E-state index contributed by atoms with van der Waals surface area (Å²) in [4.78, 5) is 12.4. The second-order valence-corrected chi connectivity index (χ2v) is 7.77. The number of carbonyl (C=O) groups is 1. The molecule has 0 aliphatic carbocycles. The minimum atomic E-state index is -3.86. The number of benzene rings is 1. The van der Waals surface area contributed by atoms with Crippen LogP contribution in [0.25, 0.3) is 0 Å². The molecule has 134 valence electrons. The molecule has 1 amide bonds. The quantitative estimate of drug-likeness (QED) is 0.866. The summed E-state index contributed by atoms with van der Waals surface area (Å²) in [5, 5.41) is 6.41. The molecular weight excluding hydrogens is 349 g/mol. The summed E-state index contributed by atoms with van der Waals surface area (Å²) in [5.74, 6) is -0.411. The van der Waals surface area contributed by atoms with Crippen molar-refractivity contribution in [2.45, 2.75) is 37.2 Å². The third kappa shape index (κ3) is 3.72. The number of aromatic nitrogens is 1. The molecule has 0 bridgehead atoms. The van der Waals surface area contributed by atoms with Gasteiger partial charge in [-0.1, -0.05) is 5.16 Å². The molecule has 1 atom stereocenters. The van der Waals surface area contributed by atoms with Crippen molar-refractivity contribution in [3.05, 3.63) is 47.6 Å². The van der Waals surface area contributed by atoms with Crippen molar-refractivity contribution < 1.29 is 22.1 Å². The van der Waals surface area contributed by atoms with Crippen LogP contribution in [-0.4, -0.2) is 36.4 Å². The molecule has 25 heavy (non-hydrogen) atoms. The van der Waals surface area contributed by atoms with Crippen molar-refractivity contribution in [1.29, 1.82) is 0 Å². The van der Waals surface area contributed by atoms with Crippen LogP contribution in [0.1, 0.15) is 24.3 Å². The number of sulfonamides is 1. The van der Waals surface area contributed by atoms with E-state index in [0.29, 0.717) is 24.3 Å². The van der Waals surface area contributed by atoms with Crippen molar-refractivity contribution in [3.63, 3.8) is 0 Å². The Morgan fingerprint density at radius 2 is 2.12 bits per heavy atom. The maximum atomic E-state index is 13.0. The second-order valence-electron chi connectivity index (χ2n) is 5.88. The minimum Gasteiger partial charge on any atom is -0.359 e. The molecule has 1 saturated heterocycles. The van der Waals surface area contributed by atoms with E-state index in [4.69, 9.17) is 4.52 Å². The Bertz CT molecular complexity index is 864. The van der Waals surface area contributed by atoms with E-state index in [1.54, 1.807) is 13.0 Å². The number of carbonyl (C=O) groups excluding carboxylic acids is 1. The third-order valence-corrected chi connectivity index (χ3v) is 5.96. The average Bonchev–Trinajstić information content (AvgIpc) is 3.22. The van der Waals surface area contributed by atoms with Crippen LogP contribution in [0.4, 0.5) is 4.39 Å². The monoisotopic (exact) mass is 367 g/mol. The summed E-state index contributed by atoms with van der Waals surface area (Å²) in [6, 6.07) is 5.49. The predicted molar refractivity (Wildman–Crippen MR) is 86.4 cm³/mol. The van der Waals surface area contributed by atoms with E-state index in [2.05, 4.69) is 10.5 Å². The van der Waals surface area contributed by atoms with Gasteiger partial charge in [-0.15, -0.1) is 0 Å². The fourth-order valence-electron chi connectivity index (χ4n) is 2.82. The molecule has 1 aromatic carbocycles. The van der Waals surface area contributed by atoms with Crippen LogP contribution in [0.5, 0.6) is 0 Å². The van der Waals surface area contributed by atoms with Crippen LogP contribution in [-0.2, 0) is 21.4 Å². The van der Waals surface area contributed by atoms with Gasteiger partial charge < -0.3 is 9.84 Å². The zero-order chi connectivity index (χ0) is 18.0. The number of nitrogens with one attached hydrogen (secondary N) is 1. The molecule has 1 fully saturated rings. The first-order valence-electron chi connectivity index (χ1n) is 7.85. The first kappa shape index (κ1) is 17.6. The molecule has 7 nitrogen and oxygen atoms in total. The summed E-state index contributed by atoms with van der Waals surface area (Å²) in [7, 11) is -3.86. The summed E-state index contributed by atoms with van der Waals surface area (Å²) in [5.41, 5.74) is 0.700. The largest absolute Gasteiger partial charge is 0.359 e. The van der Waals surface area contributed by atoms with Gasteiger partial charge in [-0.05, 0) is 44.0 Å². The third-order valence-electron chi connectivity index (χ3n) is 4.04. The van der Waals surface area contributed by atoms with Gasteiger partial charge in [-0.3, -0.25) is 4.79 Å². The molecule has 3 rings (SSSR count). The zero-order valence-electron chi connectivity index (χ0n) is 13.6. The molecule has 1 N–H and O–H groups in total. The molecule has 9 heteroatoms. The highest BCUT2D eigenvalue weighted by Gasteiger charge is 2.39. The second kappa shape index (κ2) is 6.93. The zero-order valence-corrected chi connectivity index (χ0v) is 14.4. The molecule has 1 aromatic heterocycles. The summed E-state index contributed by atoms with van der Waals surface area (Å²) < 4.78 is 44.7. The molecule has 0 saturated carbocycles. The lowest BCUT2D eigenvalue weighted by Gasteiger charge is -2.23. The Kier molecular flexibility index (Phi) is 4.87. The minimum absolute atomic E-state index is 0.0283. The average molecular weight is 367 g/mol. The van der Waals surface area contributed by atoms with Crippen molar-refractivity contribution in [3.8, 4) is 0 Å². The summed E-state index contributed by atoms with van der Waals surface area (Å²) >= 11 is 0. The van der Waals surface area contributed by atoms with E-state index in [-0.39, 0.29) is 18.0 Å². The highest BCUT2D eigenvalue weighted by Crippen LogP contribution is 2.26. The van der Waals surface area contributed by atoms with E-state index >= 15 is 0 Å². The van der Waals surface area contributed by atoms with Crippen molar-refractivity contribution >= 4 is 15.9 Å². The number of halogens is 1. The topological polar surface area (TPSA) is 92.5 Å². The van der Waals surface area contributed by atoms with E-state index in [0.717, 1.165) is 12.1 Å². The first-order chi connectivity index (χ1) is 11.9. The van der Waals surface area contributed by atoms with Crippen molar-refractivity contribution in [2.24, 2.45) is 0 Å². The molecule has 2 aromatic rings. The number of amides is 1. The van der Waals surface area contributed by atoms with E-state index in [1.807, 2.05) is 0 Å². The van der Waals surface area contributed by atoms with E-state index < -0.39 is 27.8 Å². The highest BCUT2D eigenvalue weighted by molar-refractivity contribution is 7.89. The maximum Gasteiger partial charge on any atom is 0.243 e. The van der Waals surface area contributed by atoms with Crippen LogP contribution >= 0.6 is 0 Å². The van der Waals surface area contributed by atoms with Crippen molar-refractivity contribution in [2.75, 3.05) is 6.54 Å². The molecule has 2 heterocycles. The Hall–Kier alpha value is -2.26. The highest BCUT2D eigenvalue weighted by atomic mass is 32.2. The molecular formula is C16H18FN3O4S. The maximum absolute atomic E-state index is 13.0. The van der Waals surface area contributed by atoms with Crippen molar-refractivity contribution in [1.82, 2.24) is 14.8 Å². The molecule has 0 radical (unpaired) electrons. The smallest absolute Gasteiger partial charge is 0.243 e. The van der Waals surface area contributed by atoms with Gasteiger partial charge in [-0.25, -0.2) is 12.8 Å². The number of hydrogen-bond acceptors (Lipinski definition) is 5. The first-order valence-corrected chi connectivity index (χ1v) is 9.29. The Morgan fingerprint density at radius 1 is 1.40 bits per heavy atom. The molecule has 0 spiro atoms. The fraction of sp³-hybridized carbons (Fsp3) is 0.375. The SMILES string of the molecule is Cc1cc(CNC(=O)[C@@H]2CCCN2S(=O)(=O)c2ccc(F)cc2)on1. The van der Waals surface area contributed by atoms with Gasteiger partial charge in [0.05, 0.1) is 17.1 Å². The van der Waals surface area contributed by atoms with Gasteiger partial charge in [0.2, 0.25) is 15.9 Å². The number of aryl methyl sites for hydroxylation is 1. The lowest BCUT2D eigenvalue weighted by atomic mass is 10.2. The van der Waals surface area contributed by atoms with E-state index in [9.17, 15) is 17.6 Å². The number of hydrogen-bond donors (Lipinski definition) is 1. The van der Waals surface area contributed by atoms with Gasteiger partial charge >= 0.3 is 0 Å². The molecule has 1 aliphatic rings. The Balaban J connectivity index is 1.72. The molecule has 0 unspecified atom stereocenters. The van der Waals surface area contributed by atoms with Crippen LogP contribution in [0.15, 0.2) is 39.8 Å². The van der Waals surface area contributed by atoms with Gasteiger partial charge in [0.1, 0.15) is 11.9 Å². The Labute approximate surface area is 144 Å². The van der Waals surface area contributed by atoms with Crippen LogP contribution in [0.3, 0.4) is 0 Å². The number of rotatable bonds is 5. The van der Waals surface area contributed by atoms with Crippen LogP contribution < -0.4 is 5.32 Å². The predicted octanol–water partition coefficient (Wildman–Crippen LogP) is 1.59. The van der Waals surface area contributed by atoms with Gasteiger partial charge in [0.15, 0.2) is 5.76 Å².